The fraction of sp³-hybridized carbons (Fsp3) is 0.308. The first kappa shape index (κ1) is 14.4. The van der Waals surface area contributed by atoms with Gasteiger partial charge in [-0.2, -0.15) is 27.9 Å². The van der Waals surface area contributed by atoms with Crippen LogP contribution in [0.1, 0.15) is 24.1 Å². The lowest BCUT2D eigenvalue weighted by Crippen LogP contribution is -2.26. The average molecular weight is 312 g/mol. The van der Waals surface area contributed by atoms with Crippen molar-refractivity contribution < 1.29 is 22.7 Å². The molecule has 0 bridgehead atoms. The van der Waals surface area contributed by atoms with Crippen LogP contribution in [0.3, 0.4) is 0 Å². The van der Waals surface area contributed by atoms with E-state index in [4.69, 9.17) is 4.74 Å². The lowest BCUT2D eigenvalue weighted by molar-refractivity contribution is -0.141. The highest BCUT2D eigenvalue weighted by molar-refractivity contribution is 6.08. The maximum atomic E-state index is 12.9. The van der Waals surface area contributed by atoms with Crippen LogP contribution in [0, 0.1) is 0 Å². The Bertz CT molecular complexity index is 779. The lowest BCUT2D eigenvalue weighted by atomic mass is 10.0. The monoisotopic (exact) mass is 312 g/mol. The summed E-state index contributed by atoms with van der Waals surface area (Å²) in [7, 11) is 1.35. The van der Waals surface area contributed by atoms with Gasteiger partial charge in [-0.15, -0.1) is 0 Å². The van der Waals surface area contributed by atoms with E-state index in [2.05, 4.69) is 15.6 Å². The number of hydrogen-bond donors (Lipinski definition) is 1. The van der Waals surface area contributed by atoms with Crippen molar-refractivity contribution in [3.05, 3.63) is 29.5 Å². The Balaban J connectivity index is 2.19. The molecule has 6 nitrogen and oxygen atoms in total. The molecule has 0 atom stereocenters. The second-order valence-corrected chi connectivity index (χ2v) is 4.71. The number of amides is 1. The third kappa shape index (κ3) is 2.38. The smallest absolute Gasteiger partial charge is 0.435 e. The number of halogens is 3. The van der Waals surface area contributed by atoms with Gasteiger partial charge in [0.05, 0.1) is 18.3 Å². The van der Waals surface area contributed by atoms with Crippen molar-refractivity contribution in [2.75, 3.05) is 7.11 Å². The molecule has 1 aliphatic heterocycles. The molecule has 0 aromatic carbocycles. The van der Waals surface area contributed by atoms with Gasteiger partial charge in [-0.25, -0.2) is 5.43 Å². The van der Waals surface area contributed by atoms with E-state index in [1.807, 2.05) is 0 Å². The summed E-state index contributed by atoms with van der Waals surface area (Å²) in [6, 6.07) is 4.05. The number of rotatable bonds is 2. The molecular weight excluding hydrogens is 301 g/mol. The van der Waals surface area contributed by atoms with E-state index in [-0.39, 0.29) is 23.7 Å². The molecule has 1 aliphatic rings. The number of nitrogens with zero attached hydrogens (tertiary/aromatic N) is 3. The van der Waals surface area contributed by atoms with Crippen LogP contribution in [0.4, 0.5) is 13.2 Å². The molecule has 9 heteroatoms. The third-order valence-corrected chi connectivity index (χ3v) is 3.30. The minimum Gasteiger partial charge on any atom is -0.481 e. The summed E-state index contributed by atoms with van der Waals surface area (Å²) in [4.78, 5) is 11.1. The van der Waals surface area contributed by atoms with E-state index >= 15 is 0 Å². The summed E-state index contributed by atoms with van der Waals surface area (Å²) in [5.74, 6) is -0.0486. The quantitative estimate of drug-likeness (QED) is 0.922. The summed E-state index contributed by atoms with van der Waals surface area (Å²) in [5, 5.41) is 7.46. The zero-order chi connectivity index (χ0) is 15.9. The number of alkyl halides is 3. The molecule has 116 valence electrons. The number of hydrazone groups is 1. The standard InChI is InChI=1S/C13H11F3N4O2/c1-22-12-5-2-7(8-3-4-11(21)18-17-8)9-6-10(13(14,15)16)19-20(9)12/h2,5-6H,3-4H2,1H3,(H,18,21). The van der Waals surface area contributed by atoms with Gasteiger partial charge in [-0.1, -0.05) is 0 Å². The fourth-order valence-electron chi connectivity index (χ4n) is 2.26. The second kappa shape index (κ2) is 5.00. The van der Waals surface area contributed by atoms with Crippen molar-refractivity contribution in [3.8, 4) is 5.88 Å². The van der Waals surface area contributed by atoms with E-state index in [0.717, 1.165) is 10.6 Å². The van der Waals surface area contributed by atoms with Crippen molar-refractivity contribution in [2.24, 2.45) is 5.10 Å². The molecule has 0 radical (unpaired) electrons. The Morgan fingerprint density at radius 2 is 2.09 bits per heavy atom. The lowest BCUT2D eigenvalue weighted by Gasteiger charge is -2.13. The Kier molecular flexibility index (Phi) is 3.27. The van der Waals surface area contributed by atoms with E-state index in [0.29, 0.717) is 17.7 Å². The van der Waals surface area contributed by atoms with Gasteiger partial charge in [0.1, 0.15) is 0 Å². The first-order chi connectivity index (χ1) is 10.4. The van der Waals surface area contributed by atoms with Crippen molar-refractivity contribution in [1.29, 1.82) is 0 Å². The van der Waals surface area contributed by atoms with Crippen LogP contribution in [0.25, 0.3) is 5.52 Å². The van der Waals surface area contributed by atoms with Crippen LogP contribution in [0.2, 0.25) is 0 Å². The number of hydrogen-bond acceptors (Lipinski definition) is 4. The normalized spacial score (nSPS) is 15.6. The Morgan fingerprint density at radius 3 is 2.68 bits per heavy atom. The molecule has 0 unspecified atom stereocenters. The molecule has 0 spiro atoms. The maximum absolute atomic E-state index is 12.9. The van der Waals surface area contributed by atoms with Crippen molar-refractivity contribution >= 4 is 17.1 Å². The van der Waals surface area contributed by atoms with Gasteiger partial charge in [0.25, 0.3) is 0 Å². The first-order valence-corrected chi connectivity index (χ1v) is 6.40. The molecule has 0 saturated carbocycles. The summed E-state index contributed by atoms with van der Waals surface area (Å²) in [6.45, 7) is 0. The van der Waals surface area contributed by atoms with Crippen LogP contribution in [0.5, 0.6) is 5.88 Å². The molecule has 0 saturated heterocycles. The minimum absolute atomic E-state index is 0.176. The number of methoxy groups -OCH3 is 1. The maximum Gasteiger partial charge on any atom is 0.435 e. The van der Waals surface area contributed by atoms with Gasteiger partial charge in [-0.3, -0.25) is 4.79 Å². The third-order valence-electron chi connectivity index (χ3n) is 3.30. The van der Waals surface area contributed by atoms with Gasteiger partial charge in [-0.05, 0) is 12.1 Å². The molecular formula is C13H11F3N4O2. The van der Waals surface area contributed by atoms with E-state index in [9.17, 15) is 18.0 Å². The van der Waals surface area contributed by atoms with Crippen LogP contribution in [0.15, 0.2) is 23.3 Å². The highest BCUT2D eigenvalue weighted by Gasteiger charge is 2.35. The number of carbonyl (C=O) groups is 1. The van der Waals surface area contributed by atoms with E-state index in [1.54, 1.807) is 6.07 Å². The minimum atomic E-state index is -4.56. The van der Waals surface area contributed by atoms with Crippen molar-refractivity contribution in [3.63, 3.8) is 0 Å². The van der Waals surface area contributed by atoms with Crippen LogP contribution < -0.4 is 10.2 Å². The Hall–Kier alpha value is -2.58. The first-order valence-electron chi connectivity index (χ1n) is 6.40. The predicted octanol–water partition coefficient (Wildman–Crippen LogP) is 1.98. The topological polar surface area (TPSA) is 68.0 Å². The van der Waals surface area contributed by atoms with Crippen molar-refractivity contribution in [2.45, 2.75) is 19.0 Å². The molecule has 3 heterocycles. The molecule has 22 heavy (non-hydrogen) atoms. The number of nitrogens with one attached hydrogen (secondary N) is 1. The zero-order valence-corrected chi connectivity index (χ0v) is 11.4. The van der Waals surface area contributed by atoms with E-state index < -0.39 is 11.9 Å². The van der Waals surface area contributed by atoms with Gasteiger partial charge >= 0.3 is 6.18 Å². The second-order valence-electron chi connectivity index (χ2n) is 4.71. The summed E-state index contributed by atoms with van der Waals surface area (Å²) in [5.41, 5.74) is 2.51. The molecule has 1 N–H and O–H groups in total. The summed E-state index contributed by atoms with van der Waals surface area (Å²) < 4.78 is 44.8. The van der Waals surface area contributed by atoms with E-state index in [1.165, 1.54) is 13.2 Å². The highest BCUT2D eigenvalue weighted by atomic mass is 19.4. The van der Waals surface area contributed by atoms with Crippen LogP contribution in [-0.2, 0) is 11.0 Å². The molecule has 0 fully saturated rings. The van der Waals surface area contributed by atoms with Crippen LogP contribution >= 0.6 is 0 Å². The molecule has 2 aromatic rings. The summed E-state index contributed by atoms with van der Waals surface area (Å²) in [6.07, 6.45) is -3.98. The molecule has 0 aliphatic carbocycles. The van der Waals surface area contributed by atoms with Gasteiger partial charge in [0.2, 0.25) is 11.8 Å². The number of aromatic nitrogens is 2. The zero-order valence-electron chi connectivity index (χ0n) is 11.4. The largest absolute Gasteiger partial charge is 0.481 e. The fourth-order valence-corrected chi connectivity index (χ4v) is 2.26. The highest BCUT2D eigenvalue weighted by Crippen LogP contribution is 2.31. The molecule has 3 rings (SSSR count). The Morgan fingerprint density at radius 1 is 1.32 bits per heavy atom. The molecule has 2 aromatic heterocycles. The number of carbonyl (C=O) groups excluding carboxylic acids is 1. The Labute approximate surface area is 122 Å². The van der Waals surface area contributed by atoms with Crippen LogP contribution in [-0.4, -0.2) is 28.3 Å². The van der Waals surface area contributed by atoms with Gasteiger partial charge in [0, 0.05) is 24.5 Å². The van der Waals surface area contributed by atoms with Gasteiger partial charge in [0.15, 0.2) is 5.69 Å². The number of pyridine rings is 1. The van der Waals surface area contributed by atoms with Crippen molar-refractivity contribution in [1.82, 2.24) is 15.0 Å². The van der Waals surface area contributed by atoms with Gasteiger partial charge < -0.3 is 4.74 Å². The predicted molar refractivity (Wildman–Crippen MR) is 70.7 cm³/mol. The number of ether oxygens (including phenoxy) is 1. The summed E-state index contributed by atoms with van der Waals surface area (Å²) >= 11 is 0. The SMILES string of the molecule is COc1ccc(C2=NNC(=O)CC2)c2cc(C(F)(F)F)nn12. The molecule has 1 amide bonds. The average Bonchev–Trinajstić information content (AvgIpc) is 2.92. The number of fused-ring (bicyclic) bond motifs is 1.